The smallest absolute Gasteiger partial charge is 0.133 e. The molecule has 0 amide bonds. The molecule has 0 aliphatic heterocycles. The van der Waals surface area contributed by atoms with Crippen LogP contribution in [0, 0.1) is 0 Å². The van der Waals surface area contributed by atoms with Crippen molar-refractivity contribution in [2.45, 2.75) is 6.54 Å². The van der Waals surface area contributed by atoms with Gasteiger partial charge in [-0.2, -0.15) is 0 Å². The van der Waals surface area contributed by atoms with Crippen LogP contribution in [0.1, 0.15) is 4.88 Å². The minimum atomic E-state index is 0.512. The van der Waals surface area contributed by atoms with E-state index in [1.54, 1.807) is 11.3 Å². The largest absolute Gasteiger partial charge is 0.302 e. The van der Waals surface area contributed by atoms with Gasteiger partial charge in [0.2, 0.25) is 0 Å². The lowest BCUT2D eigenvalue weighted by atomic mass is 10.4. The predicted molar refractivity (Wildman–Crippen MR) is 46.7 cm³/mol. The highest BCUT2D eigenvalue weighted by atomic mass is 32.1. The van der Waals surface area contributed by atoms with Crippen LogP contribution in [0.3, 0.4) is 0 Å². The summed E-state index contributed by atoms with van der Waals surface area (Å²) in [6.07, 6.45) is 0.924. The maximum atomic E-state index is 10.1. The van der Waals surface area contributed by atoms with Crippen molar-refractivity contribution in [3.8, 4) is 0 Å². The molecule has 60 valence electrons. The van der Waals surface area contributed by atoms with E-state index < -0.39 is 0 Å². The Morgan fingerprint density at radius 2 is 2.55 bits per heavy atom. The molecule has 1 heterocycles. The number of aldehydes is 1. The van der Waals surface area contributed by atoms with Crippen molar-refractivity contribution in [2.75, 3.05) is 13.6 Å². The Bertz CT molecular complexity index is 208. The average molecular weight is 169 g/mol. The fourth-order valence-electron chi connectivity index (χ4n) is 0.860. The molecule has 1 aromatic rings. The van der Waals surface area contributed by atoms with Gasteiger partial charge in [-0.25, -0.2) is 0 Å². The van der Waals surface area contributed by atoms with Crippen LogP contribution in [0.15, 0.2) is 17.5 Å². The van der Waals surface area contributed by atoms with E-state index in [9.17, 15) is 4.79 Å². The lowest BCUT2D eigenvalue weighted by molar-refractivity contribution is -0.108. The van der Waals surface area contributed by atoms with E-state index >= 15 is 0 Å². The van der Waals surface area contributed by atoms with Gasteiger partial charge in [0.1, 0.15) is 6.29 Å². The van der Waals surface area contributed by atoms with Gasteiger partial charge in [0.05, 0.1) is 6.54 Å². The van der Waals surface area contributed by atoms with Crippen molar-refractivity contribution in [3.05, 3.63) is 22.4 Å². The highest BCUT2D eigenvalue weighted by Gasteiger charge is 1.98. The molecule has 0 unspecified atom stereocenters. The molecule has 11 heavy (non-hydrogen) atoms. The van der Waals surface area contributed by atoms with Crippen LogP contribution < -0.4 is 0 Å². The van der Waals surface area contributed by atoms with Crippen molar-refractivity contribution in [2.24, 2.45) is 0 Å². The summed E-state index contributed by atoms with van der Waals surface area (Å²) >= 11 is 1.72. The topological polar surface area (TPSA) is 20.3 Å². The molecule has 0 atom stereocenters. The second-order valence-corrected chi connectivity index (χ2v) is 3.48. The van der Waals surface area contributed by atoms with Crippen LogP contribution >= 0.6 is 11.3 Å². The molecule has 0 aliphatic carbocycles. The number of hydrogen-bond acceptors (Lipinski definition) is 3. The van der Waals surface area contributed by atoms with Gasteiger partial charge < -0.3 is 4.79 Å². The Kier molecular flexibility index (Phi) is 3.26. The molecular formula is C8H11NOS. The molecule has 0 fully saturated rings. The number of carbonyl (C=O) groups excluding carboxylic acids is 1. The number of hydrogen-bond donors (Lipinski definition) is 0. The average Bonchev–Trinajstić information content (AvgIpc) is 2.40. The fraction of sp³-hybridized carbons (Fsp3) is 0.375. The Morgan fingerprint density at radius 3 is 3.09 bits per heavy atom. The normalized spacial score (nSPS) is 10.4. The van der Waals surface area contributed by atoms with E-state index in [1.807, 2.05) is 23.4 Å². The lowest BCUT2D eigenvalue weighted by Crippen LogP contribution is -2.19. The van der Waals surface area contributed by atoms with Crippen LogP contribution in [-0.2, 0) is 11.3 Å². The summed E-state index contributed by atoms with van der Waals surface area (Å²) in [6.45, 7) is 1.38. The van der Waals surface area contributed by atoms with E-state index in [1.165, 1.54) is 4.88 Å². The first-order valence-corrected chi connectivity index (χ1v) is 4.35. The van der Waals surface area contributed by atoms with Crippen molar-refractivity contribution in [1.82, 2.24) is 4.90 Å². The fourth-order valence-corrected chi connectivity index (χ4v) is 1.64. The van der Waals surface area contributed by atoms with Gasteiger partial charge in [-0.05, 0) is 18.5 Å². The quantitative estimate of drug-likeness (QED) is 0.635. The Morgan fingerprint density at radius 1 is 1.73 bits per heavy atom. The number of carbonyl (C=O) groups is 1. The maximum Gasteiger partial charge on any atom is 0.133 e. The van der Waals surface area contributed by atoms with Crippen LogP contribution in [0.25, 0.3) is 0 Å². The van der Waals surface area contributed by atoms with Crippen LogP contribution in [-0.4, -0.2) is 24.8 Å². The van der Waals surface area contributed by atoms with E-state index in [0.29, 0.717) is 6.54 Å². The number of thiophene rings is 1. The number of rotatable bonds is 4. The minimum Gasteiger partial charge on any atom is -0.302 e. The molecule has 0 bridgehead atoms. The number of nitrogens with zero attached hydrogens (tertiary/aromatic N) is 1. The summed E-state index contributed by atoms with van der Waals surface area (Å²) < 4.78 is 0. The molecule has 1 rings (SSSR count). The zero-order valence-corrected chi connectivity index (χ0v) is 7.30. The van der Waals surface area contributed by atoms with Crippen molar-refractivity contribution in [3.63, 3.8) is 0 Å². The third-order valence-corrected chi connectivity index (χ3v) is 2.25. The maximum absolute atomic E-state index is 10.1. The Hall–Kier alpha value is -0.670. The highest BCUT2D eigenvalue weighted by Crippen LogP contribution is 2.09. The van der Waals surface area contributed by atoms with E-state index in [-0.39, 0.29) is 0 Å². The molecule has 0 aliphatic rings. The number of likely N-dealkylation sites (N-methyl/N-ethyl adjacent to an activating group) is 1. The zero-order chi connectivity index (χ0) is 8.10. The van der Waals surface area contributed by atoms with Crippen LogP contribution in [0.2, 0.25) is 0 Å². The first kappa shape index (κ1) is 8.43. The van der Waals surface area contributed by atoms with Gasteiger partial charge in [-0.15, -0.1) is 11.3 Å². The second-order valence-electron chi connectivity index (χ2n) is 2.44. The highest BCUT2D eigenvalue weighted by molar-refractivity contribution is 7.09. The summed E-state index contributed by atoms with van der Waals surface area (Å²) in [5.41, 5.74) is 0. The summed E-state index contributed by atoms with van der Waals surface area (Å²) in [4.78, 5) is 13.4. The van der Waals surface area contributed by atoms with E-state index in [2.05, 4.69) is 6.07 Å². The van der Waals surface area contributed by atoms with Crippen LogP contribution in [0.5, 0.6) is 0 Å². The van der Waals surface area contributed by atoms with E-state index in [0.717, 1.165) is 12.8 Å². The molecule has 3 heteroatoms. The first-order chi connectivity index (χ1) is 5.33. The molecular weight excluding hydrogens is 158 g/mol. The first-order valence-electron chi connectivity index (χ1n) is 3.47. The molecule has 2 nitrogen and oxygen atoms in total. The predicted octanol–water partition coefficient (Wildman–Crippen LogP) is 1.38. The van der Waals surface area contributed by atoms with Crippen LogP contribution in [0.4, 0.5) is 0 Å². The monoisotopic (exact) mass is 169 g/mol. The second kappa shape index (κ2) is 4.26. The van der Waals surface area contributed by atoms with Gasteiger partial charge in [0.15, 0.2) is 0 Å². The van der Waals surface area contributed by atoms with Crippen molar-refractivity contribution in [1.29, 1.82) is 0 Å². The molecule has 0 saturated carbocycles. The molecule has 0 N–H and O–H groups in total. The molecule has 0 aromatic carbocycles. The van der Waals surface area contributed by atoms with E-state index in [4.69, 9.17) is 0 Å². The van der Waals surface area contributed by atoms with Gasteiger partial charge >= 0.3 is 0 Å². The molecule has 0 saturated heterocycles. The Balaban J connectivity index is 2.37. The molecule has 0 spiro atoms. The molecule has 0 radical (unpaired) electrons. The van der Waals surface area contributed by atoms with Gasteiger partial charge in [0, 0.05) is 11.4 Å². The summed E-state index contributed by atoms with van der Waals surface area (Å²) in [5.74, 6) is 0. The molecule has 1 aromatic heterocycles. The van der Waals surface area contributed by atoms with Gasteiger partial charge in [0.25, 0.3) is 0 Å². The summed E-state index contributed by atoms with van der Waals surface area (Å²) in [6, 6.07) is 4.10. The Labute approximate surface area is 70.5 Å². The van der Waals surface area contributed by atoms with Crippen molar-refractivity contribution >= 4 is 17.6 Å². The van der Waals surface area contributed by atoms with Crippen molar-refractivity contribution < 1.29 is 4.79 Å². The SMILES string of the molecule is CN(CC=O)Cc1cccs1. The third kappa shape index (κ3) is 2.82. The zero-order valence-electron chi connectivity index (χ0n) is 6.49. The van der Waals surface area contributed by atoms with Gasteiger partial charge in [-0.1, -0.05) is 6.07 Å². The van der Waals surface area contributed by atoms with Gasteiger partial charge in [-0.3, -0.25) is 4.90 Å². The summed E-state index contributed by atoms with van der Waals surface area (Å²) in [7, 11) is 1.94. The lowest BCUT2D eigenvalue weighted by Gasteiger charge is -2.10. The minimum absolute atomic E-state index is 0.512. The standard InChI is InChI=1S/C8H11NOS/c1-9(4-5-10)7-8-3-2-6-11-8/h2-3,5-6H,4,7H2,1H3. The third-order valence-electron chi connectivity index (χ3n) is 1.39. The summed E-state index contributed by atoms with van der Waals surface area (Å²) in [5, 5.41) is 2.05.